The van der Waals surface area contributed by atoms with Gasteiger partial charge in [0, 0.05) is 38.7 Å². The molecule has 1 aliphatic rings. The largest absolute Gasteiger partial charge is 0.365 e. The number of hydrogen-bond donors (Lipinski definition) is 1. The Labute approximate surface area is 156 Å². The Kier molecular flexibility index (Phi) is 5.42. The summed E-state index contributed by atoms with van der Waals surface area (Å²) in [6.45, 7) is 3.98. The van der Waals surface area contributed by atoms with Crippen LogP contribution in [0, 0.1) is 5.82 Å². The van der Waals surface area contributed by atoms with E-state index in [1.54, 1.807) is 36.1 Å². The van der Waals surface area contributed by atoms with Crippen LogP contribution >= 0.6 is 11.6 Å². The number of amides is 2. The molecule has 5 nitrogen and oxygen atoms in total. The maximum absolute atomic E-state index is 13.4. The Morgan fingerprint density at radius 2 is 1.77 bits per heavy atom. The molecule has 3 rings (SSSR count). The van der Waals surface area contributed by atoms with Gasteiger partial charge in [0.05, 0.1) is 16.4 Å². The lowest BCUT2D eigenvalue weighted by Gasteiger charge is -2.37. The van der Waals surface area contributed by atoms with Crippen LogP contribution in [-0.4, -0.2) is 42.9 Å². The number of benzene rings is 2. The maximum atomic E-state index is 13.4. The van der Waals surface area contributed by atoms with Crippen molar-refractivity contribution in [3.63, 3.8) is 0 Å². The van der Waals surface area contributed by atoms with E-state index in [1.807, 2.05) is 4.90 Å². The highest BCUT2D eigenvalue weighted by atomic mass is 35.5. The fourth-order valence-corrected chi connectivity index (χ4v) is 3.30. The van der Waals surface area contributed by atoms with Gasteiger partial charge in [-0.3, -0.25) is 9.59 Å². The zero-order chi connectivity index (χ0) is 18.7. The molecule has 1 saturated heterocycles. The molecule has 0 spiro atoms. The summed E-state index contributed by atoms with van der Waals surface area (Å²) in [7, 11) is 0. The van der Waals surface area contributed by atoms with Crippen molar-refractivity contribution >= 4 is 34.8 Å². The van der Waals surface area contributed by atoms with Gasteiger partial charge in [-0.15, -0.1) is 0 Å². The van der Waals surface area contributed by atoms with Gasteiger partial charge in [0.2, 0.25) is 5.91 Å². The molecule has 26 heavy (non-hydrogen) atoms. The molecule has 0 saturated carbocycles. The van der Waals surface area contributed by atoms with E-state index in [2.05, 4.69) is 5.32 Å². The highest BCUT2D eigenvalue weighted by molar-refractivity contribution is 6.34. The van der Waals surface area contributed by atoms with Crippen LogP contribution in [0.25, 0.3) is 0 Å². The number of anilines is 2. The van der Waals surface area contributed by atoms with E-state index in [0.29, 0.717) is 42.6 Å². The van der Waals surface area contributed by atoms with Gasteiger partial charge in [-0.1, -0.05) is 23.7 Å². The van der Waals surface area contributed by atoms with Gasteiger partial charge in [-0.2, -0.15) is 0 Å². The van der Waals surface area contributed by atoms with Crippen LogP contribution in [0.1, 0.15) is 17.3 Å². The SMILES string of the molecule is CC(=O)N1CCN(c2c(Cl)cccc2NC(=O)c2cccc(F)c2)CC1. The van der Waals surface area contributed by atoms with Crippen molar-refractivity contribution in [2.75, 3.05) is 36.4 Å². The minimum atomic E-state index is -0.468. The number of nitrogens with one attached hydrogen (secondary N) is 1. The van der Waals surface area contributed by atoms with Crippen molar-refractivity contribution in [3.05, 3.63) is 58.9 Å². The van der Waals surface area contributed by atoms with Crippen LogP contribution in [0.2, 0.25) is 5.02 Å². The van der Waals surface area contributed by atoms with Crippen LogP contribution in [-0.2, 0) is 4.79 Å². The molecule has 0 radical (unpaired) electrons. The summed E-state index contributed by atoms with van der Waals surface area (Å²) in [4.78, 5) is 27.8. The maximum Gasteiger partial charge on any atom is 0.255 e. The third-order valence-corrected chi connectivity index (χ3v) is 4.67. The Morgan fingerprint density at radius 1 is 1.08 bits per heavy atom. The molecule has 0 aromatic heterocycles. The van der Waals surface area contributed by atoms with Gasteiger partial charge in [0.1, 0.15) is 5.82 Å². The van der Waals surface area contributed by atoms with Gasteiger partial charge >= 0.3 is 0 Å². The first-order valence-electron chi connectivity index (χ1n) is 8.31. The Bertz CT molecular complexity index is 835. The monoisotopic (exact) mass is 375 g/mol. The van der Waals surface area contributed by atoms with Crippen molar-refractivity contribution in [1.29, 1.82) is 0 Å². The van der Waals surface area contributed by atoms with Crippen molar-refractivity contribution in [1.82, 2.24) is 4.90 Å². The number of para-hydroxylation sites is 1. The molecule has 1 heterocycles. The standard InChI is InChI=1S/C19H19ClFN3O2/c1-13(25)23-8-10-24(11-9-23)18-16(20)6-3-7-17(18)22-19(26)14-4-2-5-15(21)12-14/h2-7,12H,8-11H2,1H3,(H,22,26). The number of carbonyl (C=O) groups excluding carboxylic acids is 2. The van der Waals surface area contributed by atoms with Crippen LogP contribution in [0.3, 0.4) is 0 Å². The average molecular weight is 376 g/mol. The van der Waals surface area contributed by atoms with E-state index < -0.39 is 11.7 Å². The summed E-state index contributed by atoms with van der Waals surface area (Å²) in [6, 6.07) is 10.8. The molecule has 136 valence electrons. The lowest BCUT2D eigenvalue weighted by atomic mass is 10.1. The summed E-state index contributed by atoms with van der Waals surface area (Å²) in [5.41, 5.74) is 1.50. The molecule has 2 aromatic rings. The normalized spacial score (nSPS) is 14.3. The molecule has 2 amide bonds. The second-order valence-corrected chi connectivity index (χ2v) is 6.50. The van der Waals surface area contributed by atoms with E-state index in [4.69, 9.17) is 11.6 Å². The van der Waals surface area contributed by atoms with Crippen molar-refractivity contribution < 1.29 is 14.0 Å². The van der Waals surface area contributed by atoms with Gasteiger partial charge in [0.15, 0.2) is 0 Å². The van der Waals surface area contributed by atoms with E-state index in [0.717, 1.165) is 0 Å². The van der Waals surface area contributed by atoms with Crippen molar-refractivity contribution in [2.24, 2.45) is 0 Å². The lowest BCUT2D eigenvalue weighted by molar-refractivity contribution is -0.129. The second-order valence-electron chi connectivity index (χ2n) is 6.09. The number of piperazine rings is 1. The second kappa shape index (κ2) is 7.74. The number of carbonyl (C=O) groups is 2. The number of halogens is 2. The molecule has 1 fully saturated rings. The number of hydrogen-bond acceptors (Lipinski definition) is 3. The topological polar surface area (TPSA) is 52.7 Å². The molecule has 7 heteroatoms. The summed E-state index contributed by atoms with van der Waals surface area (Å²) in [5.74, 6) is -0.830. The average Bonchev–Trinajstić information content (AvgIpc) is 2.62. The quantitative estimate of drug-likeness (QED) is 0.894. The third kappa shape index (κ3) is 3.96. The number of nitrogens with zero attached hydrogens (tertiary/aromatic N) is 2. The van der Waals surface area contributed by atoms with Gasteiger partial charge in [-0.25, -0.2) is 4.39 Å². The first kappa shape index (κ1) is 18.2. The van der Waals surface area contributed by atoms with Crippen LogP contribution in [0.4, 0.5) is 15.8 Å². The van der Waals surface area contributed by atoms with Gasteiger partial charge < -0.3 is 15.1 Å². The van der Waals surface area contributed by atoms with Crippen molar-refractivity contribution in [3.8, 4) is 0 Å². The fraction of sp³-hybridized carbons (Fsp3) is 0.263. The highest BCUT2D eigenvalue weighted by Crippen LogP contribution is 2.35. The zero-order valence-corrected chi connectivity index (χ0v) is 15.1. The molecule has 0 unspecified atom stereocenters. The first-order valence-corrected chi connectivity index (χ1v) is 8.69. The molecular formula is C19H19ClFN3O2. The molecule has 0 aliphatic carbocycles. The fourth-order valence-electron chi connectivity index (χ4n) is 3.01. The van der Waals surface area contributed by atoms with E-state index in [9.17, 15) is 14.0 Å². The molecule has 1 aliphatic heterocycles. The Balaban J connectivity index is 1.82. The minimum Gasteiger partial charge on any atom is -0.365 e. The minimum absolute atomic E-state index is 0.0449. The lowest BCUT2D eigenvalue weighted by Crippen LogP contribution is -2.48. The summed E-state index contributed by atoms with van der Waals surface area (Å²) < 4.78 is 13.4. The zero-order valence-electron chi connectivity index (χ0n) is 14.3. The molecule has 1 N–H and O–H groups in total. The predicted octanol–water partition coefficient (Wildman–Crippen LogP) is 3.40. The summed E-state index contributed by atoms with van der Waals surface area (Å²) >= 11 is 6.38. The Morgan fingerprint density at radius 3 is 2.42 bits per heavy atom. The van der Waals surface area contributed by atoms with Gasteiger partial charge in [-0.05, 0) is 30.3 Å². The van der Waals surface area contributed by atoms with Crippen molar-refractivity contribution in [2.45, 2.75) is 6.92 Å². The van der Waals surface area contributed by atoms with E-state index in [1.165, 1.54) is 18.2 Å². The molecule has 2 aromatic carbocycles. The summed E-state index contributed by atoms with van der Waals surface area (Å²) in [6.07, 6.45) is 0. The Hall–Kier alpha value is -2.60. The first-order chi connectivity index (χ1) is 12.5. The van der Waals surface area contributed by atoms with E-state index >= 15 is 0 Å². The molecular weight excluding hydrogens is 357 g/mol. The molecule has 0 atom stereocenters. The van der Waals surface area contributed by atoms with Crippen LogP contribution in [0.5, 0.6) is 0 Å². The third-order valence-electron chi connectivity index (χ3n) is 4.36. The van der Waals surface area contributed by atoms with Crippen LogP contribution < -0.4 is 10.2 Å². The van der Waals surface area contributed by atoms with Gasteiger partial charge in [0.25, 0.3) is 5.91 Å². The predicted molar refractivity (Wildman–Crippen MR) is 100 cm³/mol. The van der Waals surface area contributed by atoms with Crippen LogP contribution in [0.15, 0.2) is 42.5 Å². The highest BCUT2D eigenvalue weighted by Gasteiger charge is 2.23. The molecule has 0 bridgehead atoms. The smallest absolute Gasteiger partial charge is 0.255 e. The number of rotatable bonds is 3. The van der Waals surface area contributed by atoms with E-state index in [-0.39, 0.29) is 11.5 Å². The summed E-state index contributed by atoms with van der Waals surface area (Å²) in [5, 5.41) is 3.33.